The monoisotopic (exact) mass is 391 g/mol. The number of carbonyl (C=O) groups excluding carboxylic acids is 1. The second-order valence-corrected chi connectivity index (χ2v) is 7.09. The van der Waals surface area contributed by atoms with Crippen LogP contribution >= 0.6 is 0 Å². The molecule has 148 valence electrons. The van der Waals surface area contributed by atoms with Gasteiger partial charge >= 0.3 is 0 Å². The molecule has 7 nitrogen and oxygen atoms in total. The summed E-state index contributed by atoms with van der Waals surface area (Å²) in [6.45, 7) is 6.12. The number of aromatic hydroxyl groups is 1. The lowest BCUT2D eigenvalue weighted by Gasteiger charge is -2.05. The van der Waals surface area contributed by atoms with Crippen molar-refractivity contribution in [1.82, 2.24) is 5.43 Å². The number of nitro benzene ring substituents is 1. The van der Waals surface area contributed by atoms with Gasteiger partial charge in [0.05, 0.1) is 11.1 Å². The van der Waals surface area contributed by atoms with Crippen molar-refractivity contribution in [1.29, 1.82) is 0 Å². The van der Waals surface area contributed by atoms with E-state index in [1.807, 2.05) is 37.3 Å². The van der Waals surface area contributed by atoms with E-state index in [2.05, 4.69) is 24.4 Å². The normalized spacial score (nSPS) is 11.3. The van der Waals surface area contributed by atoms with Crippen molar-refractivity contribution in [3.05, 3.63) is 80.9 Å². The second kappa shape index (κ2) is 8.10. The Balaban J connectivity index is 1.88. The molecular formula is C22H21N3O4. The van der Waals surface area contributed by atoms with Gasteiger partial charge in [0, 0.05) is 23.3 Å². The average Bonchev–Trinajstić information content (AvgIpc) is 2.84. The lowest BCUT2D eigenvalue weighted by atomic mass is 10.0. The molecule has 2 aliphatic rings. The Morgan fingerprint density at radius 1 is 1.17 bits per heavy atom. The number of hydrogen-bond acceptors (Lipinski definition) is 5. The topological polar surface area (TPSA) is 105 Å². The fraction of sp³-hybridized carbons (Fsp3) is 0.182. The molecule has 1 aromatic rings. The van der Waals surface area contributed by atoms with E-state index in [1.165, 1.54) is 24.4 Å². The number of benzene rings is 1. The Hall–Kier alpha value is -3.74. The van der Waals surface area contributed by atoms with Crippen molar-refractivity contribution in [2.75, 3.05) is 0 Å². The summed E-state index contributed by atoms with van der Waals surface area (Å²) in [5.41, 5.74) is 6.81. The quantitative estimate of drug-likeness (QED) is 0.377. The van der Waals surface area contributed by atoms with E-state index in [-0.39, 0.29) is 17.0 Å². The minimum atomic E-state index is -0.569. The van der Waals surface area contributed by atoms with Crippen molar-refractivity contribution in [2.45, 2.75) is 26.7 Å². The number of aryl methyl sites for hydroxylation is 1. The molecule has 2 aliphatic carbocycles. The Morgan fingerprint density at radius 2 is 1.93 bits per heavy atom. The number of non-ortho nitro benzene ring substituents is 1. The van der Waals surface area contributed by atoms with Crippen LogP contribution in [0.3, 0.4) is 0 Å². The molecule has 0 saturated carbocycles. The van der Waals surface area contributed by atoms with Gasteiger partial charge < -0.3 is 5.11 Å². The van der Waals surface area contributed by atoms with Crippen LogP contribution in [0.1, 0.15) is 46.8 Å². The van der Waals surface area contributed by atoms with Crippen molar-refractivity contribution in [3.8, 4) is 16.9 Å². The summed E-state index contributed by atoms with van der Waals surface area (Å²) >= 11 is 0. The molecule has 0 atom stereocenters. The summed E-state index contributed by atoms with van der Waals surface area (Å²) < 4.78 is 0. The van der Waals surface area contributed by atoms with Crippen molar-refractivity contribution >= 4 is 17.8 Å². The van der Waals surface area contributed by atoms with E-state index in [0.29, 0.717) is 11.5 Å². The maximum atomic E-state index is 12.7. The van der Waals surface area contributed by atoms with Gasteiger partial charge in [-0.1, -0.05) is 38.1 Å². The Kier molecular flexibility index (Phi) is 5.59. The maximum Gasteiger partial charge on any atom is 0.272 e. The predicted octanol–water partition coefficient (Wildman–Crippen LogP) is 4.60. The molecule has 0 bridgehead atoms. The summed E-state index contributed by atoms with van der Waals surface area (Å²) in [4.78, 5) is 23.0. The molecule has 29 heavy (non-hydrogen) atoms. The van der Waals surface area contributed by atoms with Gasteiger partial charge in [-0.3, -0.25) is 14.9 Å². The van der Waals surface area contributed by atoms with Crippen LogP contribution in [0, 0.1) is 17.0 Å². The van der Waals surface area contributed by atoms with E-state index in [0.717, 1.165) is 22.3 Å². The van der Waals surface area contributed by atoms with E-state index in [1.54, 1.807) is 0 Å². The number of fused-ring (bicyclic) bond motifs is 1. The highest BCUT2D eigenvalue weighted by atomic mass is 16.6. The number of phenols is 1. The molecular weight excluding hydrogens is 370 g/mol. The van der Waals surface area contributed by atoms with Crippen LogP contribution in [0.4, 0.5) is 5.69 Å². The fourth-order valence-electron chi connectivity index (χ4n) is 3.10. The van der Waals surface area contributed by atoms with E-state index >= 15 is 0 Å². The fourth-order valence-corrected chi connectivity index (χ4v) is 3.10. The van der Waals surface area contributed by atoms with Gasteiger partial charge in [-0.2, -0.15) is 5.10 Å². The third-order valence-corrected chi connectivity index (χ3v) is 4.73. The number of rotatable bonds is 5. The van der Waals surface area contributed by atoms with E-state index < -0.39 is 10.8 Å². The average molecular weight is 391 g/mol. The van der Waals surface area contributed by atoms with Gasteiger partial charge in [0.2, 0.25) is 0 Å². The third kappa shape index (κ3) is 4.24. The molecule has 7 heteroatoms. The van der Waals surface area contributed by atoms with E-state index in [9.17, 15) is 20.0 Å². The first-order chi connectivity index (χ1) is 13.8. The Labute approximate surface area is 168 Å². The molecule has 2 N–H and O–H groups in total. The standard InChI is InChI=1S/C22H21N3O4/c1-13(2)15-5-4-6-18-14(3)9-20(19(18)11-15)22(27)24-23-12-16-10-17(25(28)29)7-8-21(16)26/h4-13,26H,1-3H3,(H,24,27)/b23-12+. The molecule has 0 saturated heterocycles. The van der Waals surface area contributed by atoms with Crippen LogP contribution < -0.4 is 5.43 Å². The lowest BCUT2D eigenvalue weighted by Crippen LogP contribution is -2.17. The number of phenolic OH excluding ortho intramolecular Hbond substituents is 1. The second-order valence-electron chi connectivity index (χ2n) is 7.09. The number of nitrogens with zero attached hydrogens (tertiary/aromatic N) is 2. The highest BCUT2D eigenvalue weighted by Gasteiger charge is 2.19. The largest absolute Gasteiger partial charge is 0.507 e. The highest BCUT2D eigenvalue weighted by molar-refractivity contribution is 6.03. The number of hydrazone groups is 1. The maximum absolute atomic E-state index is 12.7. The van der Waals surface area contributed by atoms with Crippen LogP contribution in [0.5, 0.6) is 5.75 Å². The molecule has 0 radical (unpaired) electrons. The van der Waals surface area contributed by atoms with Crippen LogP contribution in [0.15, 0.2) is 53.6 Å². The molecule has 0 fully saturated rings. The molecule has 0 heterocycles. The highest BCUT2D eigenvalue weighted by Crippen LogP contribution is 2.33. The number of nitrogens with one attached hydrogen (secondary N) is 1. The zero-order valence-corrected chi connectivity index (χ0v) is 16.3. The number of hydrogen-bond donors (Lipinski definition) is 2. The molecule has 0 spiro atoms. The smallest absolute Gasteiger partial charge is 0.272 e. The minimum absolute atomic E-state index is 0.136. The van der Waals surface area contributed by atoms with Gasteiger partial charge in [0.1, 0.15) is 5.75 Å². The van der Waals surface area contributed by atoms with Crippen LogP contribution in [-0.4, -0.2) is 22.2 Å². The van der Waals surface area contributed by atoms with Gasteiger partial charge in [-0.05, 0) is 47.2 Å². The van der Waals surface area contributed by atoms with Gasteiger partial charge in [0.15, 0.2) is 0 Å². The minimum Gasteiger partial charge on any atom is -0.507 e. The van der Waals surface area contributed by atoms with Crippen LogP contribution in [0.25, 0.3) is 11.1 Å². The zero-order chi connectivity index (χ0) is 21.1. The van der Waals surface area contributed by atoms with Gasteiger partial charge in [0.25, 0.3) is 11.6 Å². The summed E-state index contributed by atoms with van der Waals surface area (Å²) in [6, 6.07) is 13.4. The molecule has 1 aromatic carbocycles. The zero-order valence-electron chi connectivity index (χ0n) is 16.3. The van der Waals surface area contributed by atoms with Crippen molar-refractivity contribution in [3.63, 3.8) is 0 Å². The van der Waals surface area contributed by atoms with Gasteiger partial charge in [-0.15, -0.1) is 0 Å². The summed E-state index contributed by atoms with van der Waals surface area (Å²) in [5, 5.41) is 24.6. The molecule has 0 aliphatic heterocycles. The molecule has 0 aromatic heterocycles. The van der Waals surface area contributed by atoms with Crippen molar-refractivity contribution in [2.24, 2.45) is 5.10 Å². The SMILES string of the molecule is Cc1cc(C(=O)N/N=C/c2cc([N+](=O)[O-])ccc2O)c2cc(C(C)C)cccc1-2. The first-order valence-corrected chi connectivity index (χ1v) is 9.12. The molecule has 3 rings (SSSR count). The summed E-state index contributed by atoms with van der Waals surface area (Å²) in [7, 11) is 0. The molecule has 0 unspecified atom stereocenters. The number of nitro groups is 1. The first-order valence-electron chi connectivity index (χ1n) is 9.12. The molecule has 1 amide bonds. The summed E-state index contributed by atoms with van der Waals surface area (Å²) in [5.74, 6) is -0.256. The Bertz CT molecular complexity index is 1090. The van der Waals surface area contributed by atoms with E-state index in [4.69, 9.17) is 0 Å². The van der Waals surface area contributed by atoms with Crippen LogP contribution in [-0.2, 0) is 0 Å². The lowest BCUT2D eigenvalue weighted by molar-refractivity contribution is -0.384. The van der Waals surface area contributed by atoms with Gasteiger partial charge in [-0.25, -0.2) is 5.43 Å². The van der Waals surface area contributed by atoms with Crippen LogP contribution in [0.2, 0.25) is 0 Å². The number of amides is 1. The first kappa shape index (κ1) is 20.0. The van der Waals surface area contributed by atoms with Crippen molar-refractivity contribution < 1.29 is 14.8 Å². The number of carbonyl (C=O) groups is 1. The Morgan fingerprint density at radius 3 is 2.62 bits per heavy atom. The summed E-state index contributed by atoms with van der Waals surface area (Å²) in [6.07, 6.45) is 1.18. The third-order valence-electron chi connectivity index (χ3n) is 4.73. The predicted molar refractivity (Wildman–Crippen MR) is 112 cm³/mol.